The first-order valence-corrected chi connectivity index (χ1v) is 5.22. The van der Waals surface area contributed by atoms with Gasteiger partial charge in [0, 0.05) is 15.4 Å². The highest BCUT2D eigenvalue weighted by molar-refractivity contribution is 9.10. The topological polar surface area (TPSA) is 32.6 Å². The summed E-state index contributed by atoms with van der Waals surface area (Å²) < 4.78 is 1.01. The summed E-state index contributed by atoms with van der Waals surface area (Å²) in [4.78, 5) is 0. The molecule has 0 unspecified atom stereocenters. The first-order chi connectivity index (χ1) is 5.77. The van der Waals surface area contributed by atoms with E-state index in [0.29, 0.717) is 11.0 Å². The van der Waals surface area contributed by atoms with Gasteiger partial charge in [0.2, 0.25) is 0 Å². The average molecular weight is 293 g/mol. The zero-order valence-corrected chi connectivity index (χ0v) is 9.34. The first-order valence-electron chi connectivity index (χ1n) is 3.30. The molecule has 0 saturated carbocycles. The average Bonchev–Trinajstić information content (AvgIpc) is 2.10. The van der Waals surface area contributed by atoms with Crippen molar-refractivity contribution in [1.82, 2.24) is 0 Å². The molecule has 0 bridgehead atoms. The monoisotopic (exact) mass is 291 g/mol. The summed E-state index contributed by atoms with van der Waals surface area (Å²) in [5, 5.41) is 12.3. The van der Waals surface area contributed by atoms with Crippen LogP contribution in [0.5, 0.6) is 0 Å². The number of hydrogen-bond acceptors (Lipinski definition) is 2. The van der Waals surface area contributed by atoms with Crippen LogP contribution in [0.25, 0.3) is 0 Å². The summed E-state index contributed by atoms with van der Waals surface area (Å²) in [6.45, 7) is 0. The molecule has 1 rings (SSSR count). The fourth-order valence-electron chi connectivity index (χ4n) is 0.804. The van der Waals surface area contributed by atoms with E-state index in [2.05, 4.69) is 37.0 Å². The Labute approximate surface area is 87.5 Å². The van der Waals surface area contributed by atoms with E-state index in [4.69, 9.17) is 5.21 Å². The molecule has 0 spiro atoms. The predicted molar refractivity (Wildman–Crippen MR) is 56.3 cm³/mol. The van der Waals surface area contributed by atoms with Gasteiger partial charge in [-0.05, 0) is 12.1 Å². The normalized spacial score (nSPS) is 11.7. The van der Waals surface area contributed by atoms with E-state index in [1.165, 1.54) is 0 Å². The lowest BCUT2D eigenvalue weighted by molar-refractivity contribution is 0.319. The Morgan fingerprint density at radius 1 is 1.33 bits per heavy atom. The zero-order valence-electron chi connectivity index (χ0n) is 6.17. The minimum Gasteiger partial charge on any atom is -0.411 e. The SMILES string of the molecule is O/N=C(\CBr)c1ccc(Br)cc1. The minimum absolute atomic E-state index is 0.547. The van der Waals surface area contributed by atoms with Crippen molar-refractivity contribution in [3.63, 3.8) is 0 Å². The molecule has 0 aliphatic heterocycles. The molecule has 0 radical (unpaired) electrons. The van der Waals surface area contributed by atoms with E-state index in [1.54, 1.807) is 0 Å². The first kappa shape index (κ1) is 9.74. The lowest BCUT2D eigenvalue weighted by atomic mass is 10.1. The van der Waals surface area contributed by atoms with Crippen LogP contribution >= 0.6 is 31.9 Å². The third-order valence-corrected chi connectivity index (χ3v) is 2.48. The second kappa shape index (κ2) is 4.62. The summed E-state index contributed by atoms with van der Waals surface area (Å²) in [5.41, 5.74) is 1.54. The second-order valence-electron chi connectivity index (χ2n) is 2.19. The molecular formula is C8H7Br2NO. The summed E-state index contributed by atoms with van der Waals surface area (Å²) in [7, 11) is 0. The summed E-state index contributed by atoms with van der Waals surface area (Å²) in [6, 6.07) is 7.59. The molecule has 0 aliphatic rings. The molecule has 1 N–H and O–H groups in total. The smallest absolute Gasteiger partial charge is 0.0973 e. The van der Waals surface area contributed by atoms with Gasteiger partial charge >= 0.3 is 0 Å². The fourth-order valence-corrected chi connectivity index (χ4v) is 1.50. The van der Waals surface area contributed by atoms with Crippen molar-refractivity contribution in [1.29, 1.82) is 0 Å². The Morgan fingerprint density at radius 3 is 2.33 bits per heavy atom. The maximum absolute atomic E-state index is 8.60. The highest BCUT2D eigenvalue weighted by Crippen LogP contribution is 2.11. The third kappa shape index (κ3) is 2.32. The maximum Gasteiger partial charge on any atom is 0.0973 e. The van der Waals surface area contributed by atoms with E-state index >= 15 is 0 Å². The highest BCUT2D eigenvalue weighted by atomic mass is 79.9. The van der Waals surface area contributed by atoms with Crippen molar-refractivity contribution >= 4 is 37.6 Å². The second-order valence-corrected chi connectivity index (χ2v) is 3.66. The van der Waals surface area contributed by atoms with E-state index in [1.807, 2.05) is 24.3 Å². The molecule has 0 amide bonds. The zero-order chi connectivity index (χ0) is 8.97. The van der Waals surface area contributed by atoms with Gasteiger partial charge in [0.05, 0.1) is 5.71 Å². The van der Waals surface area contributed by atoms with Crippen LogP contribution in [0.2, 0.25) is 0 Å². The van der Waals surface area contributed by atoms with E-state index in [9.17, 15) is 0 Å². The Bertz CT molecular complexity index is 282. The quantitative estimate of drug-likeness (QED) is 0.386. The Balaban J connectivity index is 2.96. The van der Waals surface area contributed by atoms with Crippen molar-refractivity contribution in [3.05, 3.63) is 34.3 Å². The number of nitrogens with zero attached hydrogens (tertiary/aromatic N) is 1. The predicted octanol–water partition coefficient (Wildman–Crippen LogP) is 3.02. The molecule has 0 aromatic heterocycles. The Morgan fingerprint density at radius 2 is 1.92 bits per heavy atom. The van der Waals surface area contributed by atoms with Gasteiger partial charge in [0.25, 0.3) is 0 Å². The van der Waals surface area contributed by atoms with Crippen LogP contribution in [-0.2, 0) is 0 Å². The van der Waals surface area contributed by atoms with Crippen LogP contribution in [-0.4, -0.2) is 16.2 Å². The maximum atomic E-state index is 8.60. The van der Waals surface area contributed by atoms with Crippen LogP contribution in [0, 0.1) is 0 Å². The van der Waals surface area contributed by atoms with Crippen molar-refractivity contribution in [2.75, 3.05) is 5.33 Å². The summed E-state index contributed by atoms with van der Waals surface area (Å²) in [5.74, 6) is 0. The lowest BCUT2D eigenvalue weighted by Crippen LogP contribution is -2.01. The molecule has 0 atom stereocenters. The fraction of sp³-hybridized carbons (Fsp3) is 0.125. The summed E-state index contributed by atoms with van der Waals surface area (Å²) >= 11 is 6.55. The number of oxime groups is 1. The van der Waals surface area contributed by atoms with Crippen LogP contribution in [0.3, 0.4) is 0 Å². The molecule has 4 heteroatoms. The van der Waals surface area contributed by atoms with Crippen LogP contribution in [0.15, 0.2) is 33.9 Å². The molecule has 0 aliphatic carbocycles. The molecule has 0 heterocycles. The molecule has 64 valence electrons. The van der Waals surface area contributed by atoms with E-state index in [-0.39, 0.29) is 0 Å². The molecular weight excluding hydrogens is 286 g/mol. The van der Waals surface area contributed by atoms with Crippen LogP contribution in [0.1, 0.15) is 5.56 Å². The standard InChI is InChI=1S/C8H7Br2NO/c9-5-8(11-12)6-1-3-7(10)4-2-6/h1-4,12H,5H2/b11-8+. The van der Waals surface area contributed by atoms with Crippen molar-refractivity contribution < 1.29 is 5.21 Å². The van der Waals surface area contributed by atoms with Crippen LogP contribution < -0.4 is 0 Å². The minimum atomic E-state index is 0.547. The number of benzene rings is 1. The molecule has 0 saturated heterocycles. The van der Waals surface area contributed by atoms with Crippen molar-refractivity contribution in [2.45, 2.75) is 0 Å². The number of alkyl halides is 1. The van der Waals surface area contributed by atoms with E-state index in [0.717, 1.165) is 10.0 Å². The molecule has 12 heavy (non-hydrogen) atoms. The number of hydrogen-bond donors (Lipinski definition) is 1. The van der Waals surface area contributed by atoms with Crippen LogP contribution in [0.4, 0.5) is 0 Å². The van der Waals surface area contributed by atoms with Gasteiger partial charge in [-0.2, -0.15) is 0 Å². The number of halogens is 2. The summed E-state index contributed by atoms with van der Waals surface area (Å²) in [6.07, 6.45) is 0. The highest BCUT2D eigenvalue weighted by Gasteiger charge is 2.00. The lowest BCUT2D eigenvalue weighted by Gasteiger charge is -1.99. The van der Waals surface area contributed by atoms with Gasteiger partial charge in [-0.25, -0.2) is 0 Å². The molecule has 2 nitrogen and oxygen atoms in total. The molecule has 0 fully saturated rings. The van der Waals surface area contributed by atoms with Gasteiger partial charge in [-0.3, -0.25) is 0 Å². The van der Waals surface area contributed by atoms with Gasteiger partial charge < -0.3 is 5.21 Å². The van der Waals surface area contributed by atoms with Gasteiger partial charge in [-0.1, -0.05) is 49.1 Å². The van der Waals surface area contributed by atoms with Crippen molar-refractivity contribution in [2.24, 2.45) is 5.16 Å². The Kier molecular flexibility index (Phi) is 3.75. The third-order valence-electron chi connectivity index (χ3n) is 1.42. The molecule has 1 aromatic carbocycles. The van der Waals surface area contributed by atoms with Gasteiger partial charge in [0.1, 0.15) is 0 Å². The van der Waals surface area contributed by atoms with Gasteiger partial charge in [0.15, 0.2) is 0 Å². The molecule has 1 aromatic rings. The largest absolute Gasteiger partial charge is 0.411 e. The van der Waals surface area contributed by atoms with Gasteiger partial charge in [-0.15, -0.1) is 0 Å². The Hall–Kier alpha value is -0.350. The number of rotatable bonds is 2. The van der Waals surface area contributed by atoms with Crippen molar-refractivity contribution in [3.8, 4) is 0 Å². The van der Waals surface area contributed by atoms with E-state index < -0.39 is 0 Å².